The van der Waals surface area contributed by atoms with E-state index in [4.69, 9.17) is 4.98 Å². The molecule has 1 fully saturated rings. The van der Waals surface area contributed by atoms with Gasteiger partial charge in [0.2, 0.25) is 0 Å². The van der Waals surface area contributed by atoms with E-state index in [-0.39, 0.29) is 0 Å². The van der Waals surface area contributed by atoms with Crippen LogP contribution in [0.15, 0.2) is 18.3 Å². The predicted molar refractivity (Wildman–Crippen MR) is 75.0 cm³/mol. The number of hydrogen-bond acceptors (Lipinski definition) is 4. The summed E-state index contributed by atoms with van der Waals surface area (Å²) in [7, 11) is 1.94. The van der Waals surface area contributed by atoms with Crippen LogP contribution in [-0.2, 0) is 7.05 Å². The topological polar surface area (TPSA) is 55.6 Å². The number of anilines is 1. The molecule has 19 heavy (non-hydrogen) atoms. The first-order chi connectivity index (χ1) is 9.28. The van der Waals surface area contributed by atoms with Crippen LogP contribution in [0.2, 0.25) is 0 Å². The molecule has 0 spiro atoms. The minimum absolute atomic E-state index is 0.551. The van der Waals surface area contributed by atoms with Gasteiger partial charge >= 0.3 is 0 Å². The molecule has 2 aromatic rings. The fourth-order valence-electron chi connectivity index (χ4n) is 2.09. The Labute approximate surface area is 113 Å². The van der Waals surface area contributed by atoms with Crippen LogP contribution in [0.3, 0.4) is 0 Å². The predicted octanol–water partition coefficient (Wildman–Crippen LogP) is 2.58. The van der Waals surface area contributed by atoms with E-state index >= 15 is 0 Å². The van der Waals surface area contributed by atoms with Gasteiger partial charge in [0, 0.05) is 31.8 Å². The molecule has 1 saturated carbocycles. The summed E-state index contributed by atoms with van der Waals surface area (Å²) in [5.41, 5.74) is 1.99. The summed E-state index contributed by atoms with van der Waals surface area (Å²) in [6.07, 6.45) is 5.31. The van der Waals surface area contributed by atoms with Crippen LogP contribution in [0.1, 0.15) is 37.9 Å². The monoisotopic (exact) mass is 257 g/mol. The molecule has 2 aromatic heterocycles. The minimum Gasteiger partial charge on any atom is -0.370 e. The average molecular weight is 257 g/mol. The van der Waals surface area contributed by atoms with E-state index in [9.17, 15) is 0 Å². The lowest BCUT2D eigenvalue weighted by Crippen LogP contribution is -2.06. The molecule has 0 atom stereocenters. The lowest BCUT2D eigenvalue weighted by Gasteiger charge is -2.09. The third-order valence-corrected chi connectivity index (χ3v) is 3.33. The molecule has 0 aromatic carbocycles. The Bertz CT molecular complexity index is 571. The van der Waals surface area contributed by atoms with Crippen LogP contribution in [0.25, 0.3) is 11.4 Å². The molecule has 1 aliphatic rings. The van der Waals surface area contributed by atoms with Gasteiger partial charge in [-0.15, -0.1) is 0 Å². The van der Waals surface area contributed by atoms with Crippen LogP contribution >= 0.6 is 0 Å². The average Bonchev–Trinajstić information content (AvgIpc) is 3.18. The van der Waals surface area contributed by atoms with Crippen LogP contribution in [0.5, 0.6) is 0 Å². The van der Waals surface area contributed by atoms with E-state index in [1.165, 1.54) is 12.8 Å². The second-order valence-corrected chi connectivity index (χ2v) is 5.04. The van der Waals surface area contributed by atoms with Gasteiger partial charge in [0.15, 0.2) is 0 Å². The highest BCUT2D eigenvalue weighted by Crippen LogP contribution is 2.39. The Morgan fingerprint density at radius 3 is 2.84 bits per heavy atom. The van der Waals surface area contributed by atoms with Crippen LogP contribution in [0.4, 0.5) is 5.82 Å². The van der Waals surface area contributed by atoms with Crippen molar-refractivity contribution in [2.75, 3.05) is 11.9 Å². The number of nitrogens with one attached hydrogen (secondary N) is 1. The second kappa shape index (κ2) is 4.99. The Balaban J connectivity index is 1.98. The normalized spacial score (nSPS) is 14.6. The Morgan fingerprint density at radius 2 is 2.21 bits per heavy atom. The number of nitrogens with zero attached hydrogens (tertiary/aromatic N) is 4. The maximum absolute atomic E-state index is 4.69. The van der Waals surface area contributed by atoms with Gasteiger partial charge in [-0.1, -0.05) is 6.92 Å². The van der Waals surface area contributed by atoms with Gasteiger partial charge in [0.1, 0.15) is 11.6 Å². The summed E-state index contributed by atoms with van der Waals surface area (Å²) < 4.78 is 1.85. The van der Waals surface area contributed by atoms with Crippen molar-refractivity contribution in [2.45, 2.75) is 32.1 Å². The Morgan fingerprint density at radius 1 is 1.37 bits per heavy atom. The number of rotatable bonds is 5. The lowest BCUT2D eigenvalue weighted by molar-refractivity contribution is 0.771. The highest BCUT2D eigenvalue weighted by molar-refractivity contribution is 5.59. The summed E-state index contributed by atoms with van der Waals surface area (Å²) in [6, 6.07) is 4.00. The van der Waals surface area contributed by atoms with Crippen molar-refractivity contribution < 1.29 is 0 Å². The Hall–Kier alpha value is -1.91. The molecule has 3 rings (SSSR count). The molecular formula is C14H19N5. The molecule has 5 heteroatoms. The number of aryl methyl sites for hydroxylation is 1. The van der Waals surface area contributed by atoms with Crippen LogP contribution in [0, 0.1) is 0 Å². The highest BCUT2D eigenvalue weighted by Gasteiger charge is 2.27. The van der Waals surface area contributed by atoms with Gasteiger partial charge < -0.3 is 5.32 Å². The molecular weight excluding hydrogens is 238 g/mol. The van der Waals surface area contributed by atoms with Gasteiger partial charge in [0.25, 0.3) is 0 Å². The van der Waals surface area contributed by atoms with Crippen molar-refractivity contribution in [2.24, 2.45) is 7.05 Å². The van der Waals surface area contributed by atoms with Crippen molar-refractivity contribution in [3.63, 3.8) is 0 Å². The molecule has 0 amide bonds. The summed E-state index contributed by atoms with van der Waals surface area (Å²) in [6.45, 7) is 3.09. The van der Waals surface area contributed by atoms with E-state index in [0.29, 0.717) is 5.92 Å². The summed E-state index contributed by atoms with van der Waals surface area (Å²) >= 11 is 0. The first-order valence-corrected chi connectivity index (χ1v) is 6.89. The van der Waals surface area contributed by atoms with Crippen LogP contribution in [-0.4, -0.2) is 26.3 Å². The molecule has 100 valence electrons. The number of aromatic nitrogens is 4. The fraction of sp³-hybridized carbons (Fsp3) is 0.500. The van der Waals surface area contributed by atoms with Gasteiger partial charge in [-0.2, -0.15) is 5.10 Å². The summed E-state index contributed by atoms with van der Waals surface area (Å²) in [5, 5.41) is 7.57. The molecule has 2 heterocycles. The lowest BCUT2D eigenvalue weighted by atomic mass is 10.2. The largest absolute Gasteiger partial charge is 0.370 e. The third kappa shape index (κ3) is 2.59. The van der Waals surface area contributed by atoms with Gasteiger partial charge in [-0.25, -0.2) is 9.97 Å². The molecule has 5 nitrogen and oxygen atoms in total. The van der Waals surface area contributed by atoms with Crippen molar-refractivity contribution in [3.05, 3.63) is 24.2 Å². The van der Waals surface area contributed by atoms with E-state index < -0.39 is 0 Å². The van der Waals surface area contributed by atoms with Gasteiger partial charge in [0.05, 0.1) is 11.4 Å². The minimum atomic E-state index is 0.551. The zero-order valence-corrected chi connectivity index (χ0v) is 11.4. The highest BCUT2D eigenvalue weighted by atomic mass is 15.3. The quantitative estimate of drug-likeness (QED) is 0.894. The molecule has 1 N–H and O–H groups in total. The van der Waals surface area contributed by atoms with E-state index in [1.807, 2.05) is 23.9 Å². The van der Waals surface area contributed by atoms with Crippen molar-refractivity contribution >= 4 is 5.82 Å². The molecule has 1 aliphatic carbocycles. The number of hydrogen-bond donors (Lipinski definition) is 1. The third-order valence-electron chi connectivity index (χ3n) is 3.33. The van der Waals surface area contributed by atoms with Crippen LogP contribution < -0.4 is 5.32 Å². The summed E-state index contributed by atoms with van der Waals surface area (Å²) in [4.78, 5) is 9.32. The second-order valence-electron chi connectivity index (χ2n) is 5.04. The maximum Gasteiger partial charge on any atom is 0.134 e. The zero-order valence-electron chi connectivity index (χ0n) is 11.4. The molecule has 0 bridgehead atoms. The van der Waals surface area contributed by atoms with E-state index in [2.05, 4.69) is 22.3 Å². The fourth-order valence-corrected chi connectivity index (χ4v) is 2.09. The standard InChI is InChI=1S/C14H19N5/c1-3-7-15-13-9-11(12-6-8-16-19(12)2)17-14(18-13)10-4-5-10/h6,8-10H,3-5,7H2,1-2H3,(H,15,17,18). The molecule has 0 radical (unpaired) electrons. The smallest absolute Gasteiger partial charge is 0.134 e. The Kier molecular flexibility index (Phi) is 3.19. The molecule has 0 aliphatic heterocycles. The van der Waals surface area contributed by atoms with Gasteiger partial charge in [-0.3, -0.25) is 4.68 Å². The van der Waals surface area contributed by atoms with Gasteiger partial charge in [-0.05, 0) is 25.3 Å². The maximum atomic E-state index is 4.69. The van der Waals surface area contributed by atoms with Crippen molar-refractivity contribution in [1.82, 2.24) is 19.7 Å². The van der Waals surface area contributed by atoms with Crippen molar-refractivity contribution in [1.29, 1.82) is 0 Å². The van der Waals surface area contributed by atoms with Crippen molar-refractivity contribution in [3.8, 4) is 11.4 Å². The molecule has 0 saturated heterocycles. The zero-order chi connectivity index (χ0) is 13.2. The first-order valence-electron chi connectivity index (χ1n) is 6.89. The SMILES string of the molecule is CCCNc1cc(-c2ccnn2C)nc(C2CC2)n1. The molecule has 0 unspecified atom stereocenters. The summed E-state index contributed by atoms with van der Waals surface area (Å²) in [5.74, 6) is 2.45. The van der Waals surface area contributed by atoms with E-state index in [0.717, 1.165) is 36.0 Å². The van der Waals surface area contributed by atoms with E-state index in [1.54, 1.807) is 6.20 Å². The first kappa shape index (κ1) is 12.1.